The zero-order valence-electron chi connectivity index (χ0n) is 18.8. The molecule has 4 atom stereocenters. The molecule has 0 spiro atoms. The summed E-state index contributed by atoms with van der Waals surface area (Å²) in [5.74, 6) is 0.0596. The third-order valence-electron chi connectivity index (χ3n) is 4.44. The summed E-state index contributed by atoms with van der Waals surface area (Å²) in [6.45, 7) is 8.12. The number of nitrogens with zero attached hydrogens (tertiary/aromatic N) is 2. The number of hydrogen-bond acceptors (Lipinski definition) is 10. The van der Waals surface area contributed by atoms with Gasteiger partial charge in [0.2, 0.25) is 0 Å². The van der Waals surface area contributed by atoms with Crippen LogP contribution in [0.25, 0.3) is 0 Å². The van der Waals surface area contributed by atoms with Crippen molar-refractivity contribution in [1.82, 2.24) is 9.55 Å². The van der Waals surface area contributed by atoms with Crippen LogP contribution in [0.15, 0.2) is 17.1 Å². The molecule has 1 aliphatic rings. The number of halogens is 1. The molecule has 2 rings (SSSR count). The second-order valence-electron chi connectivity index (χ2n) is 8.48. The van der Waals surface area contributed by atoms with Crippen LogP contribution in [0, 0.1) is 11.8 Å². The maximum absolute atomic E-state index is 15.8. The number of hydrogen-bond donors (Lipinski definition) is 1. The van der Waals surface area contributed by atoms with Crippen molar-refractivity contribution in [2.45, 2.75) is 58.7 Å². The summed E-state index contributed by atoms with van der Waals surface area (Å²) in [7, 11) is 0. The number of nitrogen functional groups attached to an aromatic ring is 1. The minimum absolute atomic E-state index is 0.0289. The average molecular weight is 459 g/mol. The summed E-state index contributed by atoms with van der Waals surface area (Å²) in [6, 6.07) is 1.29. The van der Waals surface area contributed by atoms with E-state index in [0.717, 1.165) is 11.5 Å². The van der Waals surface area contributed by atoms with Gasteiger partial charge in [-0.25, -0.2) is 18.8 Å². The van der Waals surface area contributed by atoms with Crippen molar-refractivity contribution in [2.75, 3.05) is 25.6 Å². The first kappa shape index (κ1) is 25.4. The highest BCUT2D eigenvalue weighted by Crippen LogP contribution is 2.42. The average Bonchev–Trinajstić information content (AvgIpc) is 2.93. The van der Waals surface area contributed by atoms with Gasteiger partial charge in [-0.05, 0) is 24.8 Å². The van der Waals surface area contributed by atoms with Crippen LogP contribution in [0.1, 0.15) is 40.8 Å². The van der Waals surface area contributed by atoms with Gasteiger partial charge >= 0.3 is 18.0 Å². The lowest BCUT2D eigenvalue weighted by molar-refractivity contribution is -0.0702. The van der Waals surface area contributed by atoms with Gasteiger partial charge in [-0.2, -0.15) is 4.98 Å². The van der Waals surface area contributed by atoms with E-state index in [1.807, 2.05) is 27.7 Å². The Hall–Kier alpha value is -2.89. The Morgan fingerprint density at radius 3 is 2.34 bits per heavy atom. The van der Waals surface area contributed by atoms with E-state index in [-0.39, 0.29) is 30.9 Å². The molecule has 11 nitrogen and oxygen atoms in total. The predicted molar refractivity (Wildman–Crippen MR) is 110 cm³/mol. The second-order valence-corrected chi connectivity index (χ2v) is 8.48. The van der Waals surface area contributed by atoms with Gasteiger partial charge in [0, 0.05) is 6.20 Å². The number of alkyl halides is 1. The molecule has 180 valence electrons. The van der Waals surface area contributed by atoms with E-state index in [9.17, 15) is 14.4 Å². The maximum atomic E-state index is 15.8. The van der Waals surface area contributed by atoms with Crippen LogP contribution in [-0.2, 0) is 23.7 Å². The molecule has 0 amide bonds. The van der Waals surface area contributed by atoms with Crippen LogP contribution in [0.3, 0.4) is 0 Å². The van der Waals surface area contributed by atoms with E-state index in [0.29, 0.717) is 0 Å². The fraction of sp³-hybridized carbons (Fsp3) is 0.700. The third kappa shape index (κ3) is 6.55. The zero-order valence-corrected chi connectivity index (χ0v) is 18.8. The lowest BCUT2D eigenvalue weighted by atomic mass is 9.98. The second kappa shape index (κ2) is 10.6. The Morgan fingerprint density at radius 1 is 1.19 bits per heavy atom. The molecule has 2 N–H and O–H groups in total. The van der Waals surface area contributed by atoms with Gasteiger partial charge in [0.05, 0.1) is 13.2 Å². The molecular weight excluding hydrogens is 429 g/mol. The SMILES string of the molecule is CC(C)COC(=O)OC[C@H]1O[C@@H](n2ccc(N)nc2=O)[C@](C)(F)[C@@H]1OC(=O)OCC(C)C. The van der Waals surface area contributed by atoms with E-state index in [4.69, 9.17) is 29.4 Å². The summed E-state index contributed by atoms with van der Waals surface area (Å²) in [5.41, 5.74) is 2.21. The number of carbonyl (C=O) groups is 2. The number of ether oxygens (including phenoxy) is 5. The monoisotopic (exact) mass is 459 g/mol. The molecule has 1 aromatic rings. The summed E-state index contributed by atoms with van der Waals surface area (Å²) in [5, 5.41) is 0. The lowest BCUT2D eigenvalue weighted by Crippen LogP contribution is -2.46. The van der Waals surface area contributed by atoms with Crippen LogP contribution in [0.5, 0.6) is 0 Å². The van der Waals surface area contributed by atoms with Gasteiger partial charge in [-0.1, -0.05) is 27.7 Å². The minimum Gasteiger partial charge on any atom is -0.434 e. The number of nitrogens with two attached hydrogens (primary N) is 1. The van der Waals surface area contributed by atoms with E-state index in [2.05, 4.69) is 4.98 Å². The van der Waals surface area contributed by atoms with Gasteiger partial charge in [-0.3, -0.25) is 4.57 Å². The molecule has 12 heteroatoms. The van der Waals surface area contributed by atoms with Crippen molar-refractivity contribution in [1.29, 1.82) is 0 Å². The predicted octanol–water partition coefficient (Wildman–Crippen LogP) is 2.44. The summed E-state index contributed by atoms with van der Waals surface area (Å²) in [6.07, 6.45) is -5.24. The smallest absolute Gasteiger partial charge is 0.434 e. The number of carbonyl (C=O) groups excluding carboxylic acids is 2. The van der Waals surface area contributed by atoms with Gasteiger partial charge in [0.25, 0.3) is 0 Å². The summed E-state index contributed by atoms with van der Waals surface area (Å²) >= 11 is 0. The highest BCUT2D eigenvalue weighted by molar-refractivity contribution is 5.61. The molecule has 1 aliphatic heterocycles. The molecule has 1 aromatic heterocycles. The number of aromatic nitrogens is 2. The van der Waals surface area contributed by atoms with Crippen molar-refractivity contribution < 1.29 is 37.7 Å². The molecule has 0 aromatic carbocycles. The fourth-order valence-corrected chi connectivity index (χ4v) is 2.93. The molecule has 0 unspecified atom stereocenters. The van der Waals surface area contributed by atoms with Crippen molar-refractivity contribution in [3.63, 3.8) is 0 Å². The molecule has 32 heavy (non-hydrogen) atoms. The van der Waals surface area contributed by atoms with Gasteiger partial charge in [-0.15, -0.1) is 0 Å². The van der Waals surface area contributed by atoms with Gasteiger partial charge in [0.1, 0.15) is 18.5 Å². The number of anilines is 1. The molecule has 0 aliphatic carbocycles. The van der Waals surface area contributed by atoms with E-state index >= 15 is 4.39 Å². The van der Waals surface area contributed by atoms with Crippen LogP contribution in [0.2, 0.25) is 0 Å². The highest BCUT2D eigenvalue weighted by atomic mass is 19.1. The van der Waals surface area contributed by atoms with Crippen LogP contribution in [0.4, 0.5) is 19.8 Å². The third-order valence-corrected chi connectivity index (χ3v) is 4.44. The molecule has 1 saturated heterocycles. The Bertz CT molecular complexity index is 857. The topological polar surface area (TPSA) is 141 Å². The summed E-state index contributed by atoms with van der Waals surface area (Å²) in [4.78, 5) is 39.7. The lowest BCUT2D eigenvalue weighted by Gasteiger charge is -2.27. The minimum atomic E-state index is -2.41. The number of rotatable bonds is 8. The molecule has 0 radical (unpaired) electrons. The zero-order chi connectivity index (χ0) is 24.1. The van der Waals surface area contributed by atoms with Crippen LogP contribution < -0.4 is 11.4 Å². The normalized spacial score (nSPS) is 25.1. The Morgan fingerprint density at radius 2 is 1.78 bits per heavy atom. The largest absolute Gasteiger partial charge is 0.508 e. The Balaban J connectivity index is 2.22. The molecule has 0 bridgehead atoms. The molecule has 1 fully saturated rings. The quantitative estimate of drug-likeness (QED) is 0.576. The van der Waals surface area contributed by atoms with Crippen LogP contribution >= 0.6 is 0 Å². The maximum Gasteiger partial charge on any atom is 0.508 e. The standard InChI is InChI=1S/C20H30FN3O8/c1-11(2)8-28-18(26)30-10-13-15(32-19(27)29-9-12(3)4)20(5,21)16(31-13)24-7-6-14(22)23-17(24)25/h6-7,11-13,15-16H,8-10H2,1-5H3,(H2,22,23,25)/t13-,15-,16-,20-/m1/s1. The van der Waals surface area contributed by atoms with Gasteiger partial charge in [0.15, 0.2) is 18.0 Å². The van der Waals surface area contributed by atoms with Crippen molar-refractivity contribution in [2.24, 2.45) is 11.8 Å². The van der Waals surface area contributed by atoms with E-state index in [1.54, 1.807) is 0 Å². The molecule has 0 saturated carbocycles. The van der Waals surface area contributed by atoms with Crippen molar-refractivity contribution in [3.05, 3.63) is 22.7 Å². The summed E-state index contributed by atoms with van der Waals surface area (Å²) < 4.78 is 42.4. The molecular formula is C20H30FN3O8. The van der Waals surface area contributed by atoms with Crippen molar-refractivity contribution in [3.8, 4) is 0 Å². The fourth-order valence-electron chi connectivity index (χ4n) is 2.93. The van der Waals surface area contributed by atoms with Gasteiger partial charge < -0.3 is 29.4 Å². The highest BCUT2D eigenvalue weighted by Gasteiger charge is 2.59. The van der Waals surface area contributed by atoms with Crippen molar-refractivity contribution >= 4 is 18.1 Å². The Kier molecular flexibility index (Phi) is 8.42. The van der Waals surface area contributed by atoms with Crippen LogP contribution in [-0.4, -0.2) is 59.6 Å². The Labute approximate surface area is 184 Å². The van der Waals surface area contributed by atoms with E-state index < -0.39 is 48.7 Å². The first-order chi connectivity index (χ1) is 14.9. The first-order valence-electron chi connectivity index (χ1n) is 10.2. The molecule has 2 heterocycles. The first-order valence-corrected chi connectivity index (χ1v) is 10.2. The van der Waals surface area contributed by atoms with E-state index in [1.165, 1.54) is 12.3 Å².